The van der Waals surface area contributed by atoms with E-state index in [1.165, 1.54) is 44.9 Å². The molecule has 5 rings (SSSR count). The lowest BCUT2D eigenvalue weighted by Gasteiger charge is -2.59. The van der Waals surface area contributed by atoms with Crippen LogP contribution in [0, 0.1) is 46.3 Å². The maximum Gasteiger partial charge on any atom is 0.155 e. The number of allylic oxidation sites excluding steroid dienone is 1. The van der Waals surface area contributed by atoms with Crippen LogP contribution in [0.3, 0.4) is 0 Å². The van der Waals surface area contributed by atoms with Gasteiger partial charge in [-0.3, -0.25) is 4.79 Å². The van der Waals surface area contributed by atoms with Crippen molar-refractivity contribution in [1.82, 2.24) is 0 Å². The van der Waals surface area contributed by atoms with Crippen molar-refractivity contribution in [3.63, 3.8) is 0 Å². The molecule has 5 aliphatic carbocycles. The first-order valence-electron chi connectivity index (χ1n) is 10.8. The number of hydrogen-bond acceptors (Lipinski definition) is 1. The van der Waals surface area contributed by atoms with Crippen molar-refractivity contribution in [2.24, 2.45) is 46.3 Å². The summed E-state index contributed by atoms with van der Waals surface area (Å²) in [5, 5.41) is 0. The van der Waals surface area contributed by atoms with Crippen LogP contribution in [-0.4, -0.2) is 5.78 Å². The Balaban J connectivity index is 1.52. The molecule has 8 atom stereocenters. The normalized spacial score (nSPS) is 55.1. The van der Waals surface area contributed by atoms with Gasteiger partial charge in [0.15, 0.2) is 5.78 Å². The second-order valence-corrected chi connectivity index (χ2v) is 10.0. The minimum Gasteiger partial charge on any atom is -0.295 e. The van der Waals surface area contributed by atoms with E-state index >= 15 is 0 Å². The summed E-state index contributed by atoms with van der Waals surface area (Å²) in [6.45, 7) is 7.63. The molecule has 0 radical (unpaired) electrons. The Morgan fingerprint density at radius 3 is 2.62 bits per heavy atom. The van der Waals surface area contributed by atoms with Gasteiger partial charge in [-0.1, -0.05) is 26.3 Å². The minimum atomic E-state index is 0.403. The molecular formula is C23H34O. The summed E-state index contributed by atoms with van der Waals surface area (Å²) in [5.41, 5.74) is 2.79. The van der Waals surface area contributed by atoms with Crippen molar-refractivity contribution in [1.29, 1.82) is 0 Å². The molecule has 0 aliphatic heterocycles. The SMILES string of the molecule is CCC12CCC3C4CCC(=O)C=C4CCC3[C@@H]1C1CC1[C@]2(C)CC. The number of ketones is 1. The summed E-state index contributed by atoms with van der Waals surface area (Å²) in [4.78, 5) is 11.9. The van der Waals surface area contributed by atoms with Crippen molar-refractivity contribution < 1.29 is 4.79 Å². The highest BCUT2D eigenvalue weighted by molar-refractivity contribution is 5.91. The van der Waals surface area contributed by atoms with E-state index in [9.17, 15) is 4.79 Å². The summed E-state index contributed by atoms with van der Waals surface area (Å²) in [6.07, 6.45) is 13.9. The molecule has 0 spiro atoms. The molecule has 0 heterocycles. The average Bonchev–Trinajstić information content (AvgIpc) is 3.36. The van der Waals surface area contributed by atoms with E-state index in [2.05, 4.69) is 26.8 Å². The zero-order valence-corrected chi connectivity index (χ0v) is 15.8. The van der Waals surface area contributed by atoms with Crippen LogP contribution in [0.5, 0.6) is 0 Å². The molecule has 24 heavy (non-hydrogen) atoms. The minimum absolute atomic E-state index is 0.403. The van der Waals surface area contributed by atoms with Crippen molar-refractivity contribution in [2.45, 2.75) is 78.6 Å². The molecule has 0 aromatic rings. The summed E-state index contributed by atoms with van der Waals surface area (Å²) < 4.78 is 0. The highest BCUT2D eigenvalue weighted by atomic mass is 16.1. The molecule has 132 valence electrons. The molecule has 6 unspecified atom stereocenters. The molecule has 0 bridgehead atoms. The molecule has 1 nitrogen and oxygen atoms in total. The highest BCUT2D eigenvalue weighted by Gasteiger charge is 2.74. The standard InChI is InChI=1S/C23H34O/c1-4-22(3)20-13-19(20)21-18-8-6-14-12-15(24)7-9-16(14)17(18)10-11-23(21,22)5-2/h12,16-21H,4-11,13H2,1-3H3/t16?,17?,18?,19?,20?,21-,22+,23?/m1/s1. The second-order valence-electron chi connectivity index (χ2n) is 10.0. The van der Waals surface area contributed by atoms with Crippen LogP contribution in [0.1, 0.15) is 78.6 Å². The van der Waals surface area contributed by atoms with Gasteiger partial charge in [0.25, 0.3) is 0 Å². The predicted molar refractivity (Wildman–Crippen MR) is 97.5 cm³/mol. The Bertz CT molecular complexity index is 603. The molecule has 4 fully saturated rings. The topological polar surface area (TPSA) is 17.1 Å². The fourth-order valence-electron chi connectivity index (χ4n) is 8.86. The zero-order chi connectivity index (χ0) is 16.7. The van der Waals surface area contributed by atoms with E-state index in [1.807, 2.05) is 0 Å². The van der Waals surface area contributed by atoms with Crippen molar-refractivity contribution in [3.8, 4) is 0 Å². The van der Waals surface area contributed by atoms with E-state index in [0.717, 1.165) is 48.3 Å². The second kappa shape index (κ2) is 4.98. The van der Waals surface area contributed by atoms with Crippen LogP contribution in [0.15, 0.2) is 11.6 Å². The zero-order valence-electron chi connectivity index (χ0n) is 15.8. The van der Waals surface area contributed by atoms with Crippen LogP contribution in [0.2, 0.25) is 0 Å². The number of hydrogen-bond donors (Lipinski definition) is 0. The summed E-state index contributed by atoms with van der Waals surface area (Å²) in [7, 11) is 0. The Morgan fingerprint density at radius 2 is 1.88 bits per heavy atom. The van der Waals surface area contributed by atoms with Gasteiger partial charge >= 0.3 is 0 Å². The quantitative estimate of drug-likeness (QED) is 0.627. The first-order valence-corrected chi connectivity index (χ1v) is 10.8. The van der Waals surface area contributed by atoms with Gasteiger partial charge in [0.1, 0.15) is 0 Å². The van der Waals surface area contributed by atoms with Crippen LogP contribution < -0.4 is 0 Å². The Morgan fingerprint density at radius 1 is 1.04 bits per heavy atom. The van der Waals surface area contributed by atoms with Gasteiger partial charge in [-0.25, -0.2) is 0 Å². The summed E-state index contributed by atoms with van der Waals surface area (Å²) in [5.74, 6) is 6.15. The van der Waals surface area contributed by atoms with E-state index in [4.69, 9.17) is 0 Å². The molecule has 5 aliphatic rings. The van der Waals surface area contributed by atoms with Crippen LogP contribution >= 0.6 is 0 Å². The van der Waals surface area contributed by atoms with Gasteiger partial charge < -0.3 is 0 Å². The molecule has 0 aromatic heterocycles. The number of carbonyl (C=O) groups is 1. The van der Waals surface area contributed by atoms with Gasteiger partial charge in [0, 0.05) is 6.42 Å². The van der Waals surface area contributed by atoms with E-state index in [0.29, 0.717) is 16.6 Å². The fourth-order valence-corrected chi connectivity index (χ4v) is 8.86. The van der Waals surface area contributed by atoms with Gasteiger partial charge in [-0.05, 0) is 104 Å². The van der Waals surface area contributed by atoms with Gasteiger partial charge in [0.2, 0.25) is 0 Å². The van der Waals surface area contributed by atoms with Crippen LogP contribution in [0.4, 0.5) is 0 Å². The van der Waals surface area contributed by atoms with Gasteiger partial charge in [-0.2, -0.15) is 0 Å². The van der Waals surface area contributed by atoms with E-state index in [1.54, 1.807) is 5.57 Å². The number of fused-ring (bicyclic) bond motifs is 7. The molecular weight excluding hydrogens is 292 g/mol. The molecule has 0 amide bonds. The number of carbonyl (C=O) groups excluding carboxylic acids is 1. The molecule has 1 heteroatoms. The molecule has 0 aromatic carbocycles. The van der Waals surface area contributed by atoms with Crippen molar-refractivity contribution >= 4 is 5.78 Å². The lowest BCUT2D eigenvalue weighted by molar-refractivity contribution is -0.117. The van der Waals surface area contributed by atoms with Crippen LogP contribution in [0.25, 0.3) is 0 Å². The predicted octanol–water partition coefficient (Wildman–Crippen LogP) is 5.79. The van der Waals surface area contributed by atoms with Crippen molar-refractivity contribution in [3.05, 3.63) is 11.6 Å². The third kappa shape index (κ3) is 1.70. The molecule has 4 saturated carbocycles. The largest absolute Gasteiger partial charge is 0.295 e. The van der Waals surface area contributed by atoms with Crippen LogP contribution in [-0.2, 0) is 4.79 Å². The first-order chi connectivity index (χ1) is 11.6. The maximum atomic E-state index is 11.9. The third-order valence-corrected chi connectivity index (χ3v) is 10.0. The Labute approximate surface area is 147 Å². The lowest BCUT2D eigenvalue weighted by atomic mass is 9.45. The third-order valence-electron chi connectivity index (χ3n) is 10.0. The highest BCUT2D eigenvalue weighted by Crippen LogP contribution is 2.80. The first kappa shape index (κ1) is 15.6. The Kier molecular flexibility index (Phi) is 3.25. The summed E-state index contributed by atoms with van der Waals surface area (Å²) >= 11 is 0. The Hall–Kier alpha value is -0.590. The fraction of sp³-hybridized carbons (Fsp3) is 0.870. The number of rotatable bonds is 2. The van der Waals surface area contributed by atoms with Gasteiger partial charge in [0.05, 0.1) is 0 Å². The van der Waals surface area contributed by atoms with Crippen molar-refractivity contribution in [2.75, 3.05) is 0 Å². The smallest absolute Gasteiger partial charge is 0.155 e. The maximum absolute atomic E-state index is 11.9. The van der Waals surface area contributed by atoms with E-state index in [-0.39, 0.29) is 0 Å². The van der Waals surface area contributed by atoms with E-state index < -0.39 is 0 Å². The monoisotopic (exact) mass is 326 g/mol. The average molecular weight is 327 g/mol. The van der Waals surface area contributed by atoms with Gasteiger partial charge in [-0.15, -0.1) is 0 Å². The molecule has 0 N–H and O–H groups in total. The summed E-state index contributed by atoms with van der Waals surface area (Å²) in [6, 6.07) is 0. The lowest BCUT2D eigenvalue weighted by Crippen LogP contribution is -2.52. The molecule has 0 saturated heterocycles.